The minimum atomic E-state index is -0.454. The third-order valence-corrected chi connectivity index (χ3v) is 4.53. The molecule has 20 heavy (non-hydrogen) atoms. The predicted octanol–water partition coefficient (Wildman–Crippen LogP) is 0.947. The lowest BCUT2D eigenvalue weighted by molar-refractivity contribution is -0.125. The van der Waals surface area contributed by atoms with Crippen molar-refractivity contribution in [2.24, 2.45) is 5.10 Å². The number of nitrogens with one attached hydrogen (secondary N) is 3. The molecule has 1 saturated heterocycles. The van der Waals surface area contributed by atoms with E-state index in [0.717, 1.165) is 4.88 Å². The molecule has 0 bridgehead atoms. The fraction of sp³-hybridized carbons (Fsp3) is 0.250. The monoisotopic (exact) mass is 310 g/mol. The van der Waals surface area contributed by atoms with Crippen molar-refractivity contribution in [1.29, 1.82) is 0 Å². The van der Waals surface area contributed by atoms with Gasteiger partial charge in [0.15, 0.2) is 5.17 Å². The number of thiophene rings is 1. The van der Waals surface area contributed by atoms with Crippen LogP contribution in [0.1, 0.15) is 11.3 Å². The Bertz CT molecular complexity index is 554. The number of amides is 2. The van der Waals surface area contributed by atoms with Gasteiger partial charge in [0.2, 0.25) is 11.8 Å². The Labute approximate surface area is 124 Å². The van der Waals surface area contributed by atoms with Gasteiger partial charge in [-0.2, -0.15) is 0 Å². The standard InChI is InChI=1S/C12H14N4O2S2/c1-7(8-4-3-5-19-8)15-16-12-14-10(17)6-9(20-12)11(18)13-2/h3-5,9,15H,1,6H2,2H3,(H,13,18)(H,14,16,17)/t9-/m1/s1. The Hall–Kier alpha value is -1.80. The van der Waals surface area contributed by atoms with Gasteiger partial charge >= 0.3 is 0 Å². The van der Waals surface area contributed by atoms with Crippen molar-refractivity contribution in [3.8, 4) is 0 Å². The van der Waals surface area contributed by atoms with Crippen molar-refractivity contribution in [3.05, 3.63) is 29.0 Å². The summed E-state index contributed by atoms with van der Waals surface area (Å²) in [5.74, 6) is -0.408. The lowest BCUT2D eigenvalue weighted by Crippen LogP contribution is -2.43. The molecule has 1 aliphatic rings. The van der Waals surface area contributed by atoms with Crippen LogP contribution in [0.15, 0.2) is 29.2 Å². The molecule has 1 aliphatic heterocycles. The van der Waals surface area contributed by atoms with E-state index in [9.17, 15) is 9.59 Å². The Balaban J connectivity index is 2.00. The van der Waals surface area contributed by atoms with Gasteiger partial charge in [-0.05, 0) is 11.4 Å². The highest BCUT2D eigenvalue weighted by Gasteiger charge is 2.29. The maximum Gasteiger partial charge on any atom is 0.233 e. The summed E-state index contributed by atoms with van der Waals surface area (Å²) in [6.45, 7) is 3.86. The van der Waals surface area contributed by atoms with E-state index in [1.165, 1.54) is 23.1 Å². The van der Waals surface area contributed by atoms with E-state index in [2.05, 4.69) is 27.7 Å². The van der Waals surface area contributed by atoms with Crippen molar-refractivity contribution < 1.29 is 9.59 Å². The van der Waals surface area contributed by atoms with Crippen LogP contribution >= 0.6 is 23.1 Å². The summed E-state index contributed by atoms with van der Waals surface area (Å²) in [4.78, 5) is 24.1. The van der Waals surface area contributed by atoms with Crippen LogP contribution in [-0.4, -0.2) is 29.3 Å². The summed E-state index contributed by atoms with van der Waals surface area (Å²) in [5.41, 5.74) is 3.43. The molecular weight excluding hydrogens is 296 g/mol. The van der Waals surface area contributed by atoms with Crippen LogP contribution < -0.4 is 16.1 Å². The molecule has 0 aromatic carbocycles. The number of nitrogens with zero attached hydrogens (tertiary/aromatic N) is 1. The summed E-state index contributed by atoms with van der Waals surface area (Å²) < 4.78 is 0. The lowest BCUT2D eigenvalue weighted by atomic mass is 10.2. The van der Waals surface area contributed by atoms with Crippen LogP contribution in [0.2, 0.25) is 0 Å². The van der Waals surface area contributed by atoms with Gasteiger partial charge in [-0.15, -0.1) is 16.4 Å². The molecule has 1 fully saturated rings. The molecule has 6 nitrogen and oxygen atoms in total. The Morgan fingerprint density at radius 3 is 3.05 bits per heavy atom. The Morgan fingerprint density at radius 2 is 2.40 bits per heavy atom. The molecule has 106 valence electrons. The Morgan fingerprint density at radius 1 is 1.60 bits per heavy atom. The first-order chi connectivity index (χ1) is 9.60. The zero-order chi connectivity index (χ0) is 14.5. The summed E-state index contributed by atoms with van der Waals surface area (Å²) in [6, 6.07) is 3.83. The van der Waals surface area contributed by atoms with E-state index in [-0.39, 0.29) is 18.2 Å². The quantitative estimate of drug-likeness (QED) is 0.723. The first-order valence-corrected chi connectivity index (χ1v) is 7.60. The average Bonchev–Trinajstić information content (AvgIpc) is 2.97. The van der Waals surface area contributed by atoms with Gasteiger partial charge < -0.3 is 10.6 Å². The smallest absolute Gasteiger partial charge is 0.233 e. The lowest BCUT2D eigenvalue weighted by Gasteiger charge is -2.21. The number of hydrogen-bond acceptors (Lipinski definition) is 6. The first-order valence-electron chi connectivity index (χ1n) is 5.84. The number of carbonyl (C=O) groups excluding carboxylic acids is 2. The topological polar surface area (TPSA) is 82.6 Å². The van der Waals surface area contributed by atoms with E-state index in [1.807, 2.05) is 17.5 Å². The second kappa shape index (κ2) is 6.58. The number of hydrogen-bond donors (Lipinski definition) is 3. The van der Waals surface area contributed by atoms with Gasteiger partial charge in [-0.3, -0.25) is 15.0 Å². The minimum Gasteiger partial charge on any atom is -0.358 e. The van der Waals surface area contributed by atoms with Gasteiger partial charge in [0.05, 0.1) is 15.8 Å². The van der Waals surface area contributed by atoms with Crippen LogP contribution in [0.4, 0.5) is 0 Å². The normalized spacial score (nSPS) is 20.4. The third-order valence-electron chi connectivity index (χ3n) is 2.52. The summed E-state index contributed by atoms with van der Waals surface area (Å²) in [5, 5.41) is 11.1. The van der Waals surface area contributed by atoms with E-state index in [0.29, 0.717) is 10.9 Å². The highest BCUT2D eigenvalue weighted by Crippen LogP contribution is 2.21. The third kappa shape index (κ3) is 3.61. The number of rotatable bonds is 4. The molecule has 0 spiro atoms. The van der Waals surface area contributed by atoms with Crippen molar-refractivity contribution in [2.45, 2.75) is 11.7 Å². The SMILES string of the molecule is C=C(N/N=C1\NC(=O)C[C@H](C(=O)NC)S1)c1cccs1. The predicted molar refractivity (Wildman–Crippen MR) is 82.1 cm³/mol. The van der Waals surface area contributed by atoms with Gasteiger partial charge in [0, 0.05) is 13.5 Å². The van der Waals surface area contributed by atoms with Crippen LogP contribution in [0.5, 0.6) is 0 Å². The zero-order valence-corrected chi connectivity index (χ0v) is 12.4. The fourth-order valence-electron chi connectivity index (χ4n) is 1.53. The number of thioether (sulfide) groups is 1. The van der Waals surface area contributed by atoms with Crippen molar-refractivity contribution in [1.82, 2.24) is 16.1 Å². The molecule has 0 aliphatic carbocycles. The van der Waals surface area contributed by atoms with Crippen molar-refractivity contribution in [2.75, 3.05) is 7.05 Å². The second-order valence-corrected chi connectivity index (χ2v) is 6.10. The van der Waals surface area contributed by atoms with Gasteiger partial charge in [-0.25, -0.2) is 0 Å². The van der Waals surface area contributed by atoms with Crippen molar-refractivity contribution in [3.63, 3.8) is 0 Å². The minimum absolute atomic E-state index is 0.148. The van der Waals surface area contributed by atoms with Gasteiger partial charge in [0.1, 0.15) is 0 Å². The molecule has 2 rings (SSSR count). The molecule has 1 atom stereocenters. The van der Waals surface area contributed by atoms with Gasteiger partial charge in [-0.1, -0.05) is 24.4 Å². The second-order valence-electron chi connectivity index (χ2n) is 3.96. The van der Waals surface area contributed by atoms with Crippen LogP contribution in [0.25, 0.3) is 5.70 Å². The molecule has 1 aromatic rings. The molecule has 8 heteroatoms. The summed E-state index contributed by atoms with van der Waals surface area (Å²) >= 11 is 2.75. The van der Waals surface area contributed by atoms with Crippen molar-refractivity contribution >= 4 is 45.8 Å². The molecule has 0 radical (unpaired) electrons. The maximum atomic E-state index is 11.6. The molecule has 1 aromatic heterocycles. The highest BCUT2D eigenvalue weighted by atomic mass is 32.2. The number of hydrazone groups is 1. The zero-order valence-electron chi connectivity index (χ0n) is 10.8. The Kier molecular flexibility index (Phi) is 4.80. The van der Waals surface area contributed by atoms with Crippen LogP contribution in [0, 0.1) is 0 Å². The van der Waals surface area contributed by atoms with E-state index >= 15 is 0 Å². The fourth-order valence-corrected chi connectivity index (χ4v) is 3.18. The highest BCUT2D eigenvalue weighted by molar-refractivity contribution is 8.15. The molecular formula is C12H14N4O2S2. The summed E-state index contributed by atoms with van der Waals surface area (Å²) in [7, 11) is 1.54. The van der Waals surface area contributed by atoms with E-state index < -0.39 is 5.25 Å². The summed E-state index contributed by atoms with van der Waals surface area (Å²) in [6.07, 6.45) is 0.148. The average molecular weight is 310 g/mol. The first kappa shape index (κ1) is 14.6. The van der Waals surface area contributed by atoms with Gasteiger partial charge in [0.25, 0.3) is 0 Å². The van der Waals surface area contributed by atoms with Crippen LogP contribution in [-0.2, 0) is 9.59 Å². The maximum absolute atomic E-state index is 11.6. The molecule has 2 heterocycles. The largest absolute Gasteiger partial charge is 0.358 e. The molecule has 0 unspecified atom stereocenters. The number of amidine groups is 1. The van der Waals surface area contributed by atoms with E-state index in [4.69, 9.17) is 0 Å². The number of carbonyl (C=O) groups is 2. The van der Waals surface area contributed by atoms with E-state index in [1.54, 1.807) is 7.05 Å². The molecule has 0 saturated carbocycles. The molecule has 2 amide bonds. The molecule has 3 N–H and O–H groups in total. The van der Waals surface area contributed by atoms with Crippen LogP contribution in [0.3, 0.4) is 0 Å².